The van der Waals surface area contributed by atoms with Crippen LogP contribution in [-0.4, -0.2) is 23.4 Å². The van der Waals surface area contributed by atoms with E-state index in [1.807, 2.05) is 31.2 Å². The van der Waals surface area contributed by atoms with Crippen LogP contribution < -0.4 is 0 Å². The van der Waals surface area contributed by atoms with Gasteiger partial charge in [-0.2, -0.15) is 5.10 Å². The second-order valence-electron chi connectivity index (χ2n) is 5.23. The van der Waals surface area contributed by atoms with Crippen LogP contribution in [0.1, 0.15) is 30.0 Å². The molecule has 0 atom stereocenters. The Balaban J connectivity index is 2.19. The van der Waals surface area contributed by atoms with E-state index in [-0.39, 0.29) is 0 Å². The third kappa shape index (κ3) is 2.91. The van der Waals surface area contributed by atoms with Gasteiger partial charge in [-0.05, 0) is 37.3 Å². The van der Waals surface area contributed by atoms with Crippen molar-refractivity contribution in [1.82, 2.24) is 10.2 Å². The highest BCUT2D eigenvalue weighted by Crippen LogP contribution is 2.41. The SMILES string of the molecule is Cc1nnc(Cl)c(-c2ccccc2Cl)c1C1CCOCC1. The molecule has 0 spiro atoms. The fourth-order valence-electron chi connectivity index (χ4n) is 2.92. The number of halogens is 2. The van der Waals surface area contributed by atoms with Crippen LogP contribution in [0.2, 0.25) is 10.2 Å². The maximum absolute atomic E-state index is 6.36. The topological polar surface area (TPSA) is 35.0 Å². The Hall–Kier alpha value is -1.16. The van der Waals surface area contributed by atoms with Gasteiger partial charge in [-0.3, -0.25) is 0 Å². The number of ether oxygens (including phenoxy) is 1. The minimum Gasteiger partial charge on any atom is -0.381 e. The number of rotatable bonds is 2. The normalized spacial score (nSPS) is 16.1. The summed E-state index contributed by atoms with van der Waals surface area (Å²) < 4.78 is 5.47. The zero-order chi connectivity index (χ0) is 14.8. The van der Waals surface area contributed by atoms with Crippen molar-refractivity contribution in [2.75, 3.05) is 13.2 Å². The molecule has 3 nitrogen and oxygen atoms in total. The molecule has 0 unspecified atom stereocenters. The second kappa shape index (κ2) is 6.30. The van der Waals surface area contributed by atoms with E-state index in [0.29, 0.717) is 16.1 Å². The van der Waals surface area contributed by atoms with Crippen LogP contribution in [-0.2, 0) is 4.74 Å². The lowest BCUT2D eigenvalue weighted by atomic mass is 9.86. The fourth-order valence-corrected chi connectivity index (χ4v) is 3.39. The van der Waals surface area contributed by atoms with Gasteiger partial charge < -0.3 is 4.74 Å². The smallest absolute Gasteiger partial charge is 0.159 e. The van der Waals surface area contributed by atoms with Crippen molar-refractivity contribution in [3.63, 3.8) is 0 Å². The standard InChI is InChI=1S/C16H16Cl2N2O/c1-10-14(11-6-8-21-9-7-11)15(16(18)20-19-10)12-4-2-3-5-13(12)17/h2-5,11H,6-9H2,1H3. The lowest BCUT2D eigenvalue weighted by molar-refractivity contribution is 0.0852. The van der Waals surface area contributed by atoms with Crippen LogP contribution in [0.25, 0.3) is 11.1 Å². The highest BCUT2D eigenvalue weighted by Gasteiger charge is 2.25. The van der Waals surface area contributed by atoms with Crippen molar-refractivity contribution in [3.8, 4) is 11.1 Å². The quantitative estimate of drug-likeness (QED) is 0.807. The molecule has 1 saturated heterocycles. The van der Waals surface area contributed by atoms with Gasteiger partial charge in [-0.1, -0.05) is 41.4 Å². The molecule has 3 rings (SSSR count). The Kier molecular flexibility index (Phi) is 4.43. The van der Waals surface area contributed by atoms with E-state index < -0.39 is 0 Å². The third-order valence-corrected chi connectivity index (χ3v) is 4.52. The van der Waals surface area contributed by atoms with E-state index >= 15 is 0 Å². The summed E-state index contributed by atoms with van der Waals surface area (Å²) in [6, 6.07) is 7.72. The Labute approximate surface area is 134 Å². The lowest BCUT2D eigenvalue weighted by Crippen LogP contribution is -2.17. The van der Waals surface area contributed by atoms with Crippen molar-refractivity contribution < 1.29 is 4.74 Å². The largest absolute Gasteiger partial charge is 0.381 e. The average molecular weight is 323 g/mol. The molecule has 5 heteroatoms. The number of hydrogen-bond donors (Lipinski definition) is 0. The van der Waals surface area contributed by atoms with Crippen molar-refractivity contribution in [1.29, 1.82) is 0 Å². The molecule has 0 N–H and O–H groups in total. The minimum absolute atomic E-state index is 0.387. The van der Waals surface area contributed by atoms with Crippen molar-refractivity contribution in [2.24, 2.45) is 0 Å². The lowest BCUT2D eigenvalue weighted by Gasteiger charge is -2.26. The van der Waals surface area contributed by atoms with Crippen LogP contribution in [0.3, 0.4) is 0 Å². The van der Waals surface area contributed by atoms with Gasteiger partial charge in [0, 0.05) is 29.4 Å². The maximum Gasteiger partial charge on any atom is 0.159 e. The highest BCUT2D eigenvalue weighted by atomic mass is 35.5. The predicted octanol–water partition coefficient (Wildman–Crippen LogP) is 4.65. The Bertz CT molecular complexity index is 655. The second-order valence-corrected chi connectivity index (χ2v) is 6.00. The molecule has 0 saturated carbocycles. The number of aryl methyl sites for hydroxylation is 1. The van der Waals surface area contributed by atoms with Crippen LogP contribution >= 0.6 is 23.2 Å². The molecular weight excluding hydrogens is 307 g/mol. The Morgan fingerprint density at radius 3 is 2.52 bits per heavy atom. The van der Waals surface area contributed by atoms with Crippen LogP contribution in [0.5, 0.6) is 0 Å². The number of aromatic nitrogens is 2. The number of nitrogens with zero attached hydrogens (tertiary/aromatic N) is 2. The molecule has 1 aliphatic heterocycles. The molecule has 0 aliphatic carbocycles. The molecular formula is C16H16Cl2N2O. The van der Waals surface area contributed by atoms with Gasteiger partial charge in [0.1, 0.15) is 0 Å². The van der Waals surface area contributed by atoms with Gasteiger partial charge in [0.15, 0.2) is 5.15 Å². The molecule has 1 aromatic carbocycles. The monoisotopic (exact) mass is 322 g/mol. The zero-order valence-corrected chi connectivity index (χ0v) is 13.3. The first-order valence-electron chi connectivity index (χ1n) is 7.04. The summed E-state index contributed by atoms with van der Waals surface area (Å²) in [7, 11) is 0. The molecule has 1 aromatic heterocycles. The van der Waals surface area contributed by atoms with Crippen molar-refractivity contribution >= 4 is 23.2 Å². The molecule has 2 aromatic rings. The molecule has 0 amide bonds. The molecule has 1 fully saturated rings. The predicted molar refractivity (Wildman–Crippen MR) is 85.0 cm³/mol. The van der Waals surface area contributed by atoms with Gasteiger partial charge in [-0.25, -0.2) is 0 Å². The summed E-state index contributed by atoms with van der Waals surface area (Å²) >= 11 is 12.7. The van der Waals surface area contributed by atoms with E-state index in [2.05, 4.69) is 10.2 Å². The molecule has 0 radical (unpaired) electrons. The first kappa shape index (κ1) is 14.8. The average Bonchev–Trinajstić information content (AvgIpc) is 2.51. The van der Waals surface area contributed by atoms with E-state index in [1.165, 1.54) is 0 Å². The van der Waals surface area contributed by atoms with Crippen molar-refractivity contribution in [3.05, 3.63) is 45.7 Å². The summed E-state index contributed by atoms with van der Waals surface area (Å²) in [4.78, 5) is 0. The summed E-state index contributed by atoms with van der Waals surface area (Å²) in [6.07, 6.45) is 1.95. The summed E-state index contributed by atoms with van der Waals surface area (Å²) in [5.74, 6) is 0.387. The Morgan fingerprint density at radius 2 is 1.81 bits per heavy atom. The van der Waals surface area contributed by atoms with Gasteiger partial charge >= 0.3 is 0 Å². The Morgan fingerprint density at radius 1 is 1.10 bits per heavy atom. The summed E-state index contributed by atoms with van der Waals surface area (Å²) in [5, 5.41) is 9.37. The minimum atomic E-state index is 0.387. The van der Waals surface area contributed by atoms with Gasteiger partial charge in [0.2, 0.25) is 0 Å². The van der Waals surface area contributed by atoms with E-state index in [4.69, 9.17) is 27.9 Å². The summed E-state index contributed by atoms with van der Waals surface area (Å²) in [5.41, 5.74) is 3.91. The van der Waals surface area contributed by atoms with E-state index in [9.17, 15) is 0 Å². The molecule has 2 heterocycles. The fraction of sp³-hybridized carbons (Fsp3) is 0.375. The number of benzene rings is 1. The van der Waals surface area contributed by atoms with E-state index in [0.717, 1.165) is 48.4 Å². The molecule has 21 heavy (non-hydrogen) atoms. The van der Waals surface area contributed by atoms with Crippen LogP contribution in [0.15, 0.2) is 24.3 Å². The highest BCUT2D eigenvalue weighted by molar-refractivity contribution is 6.36. The van der Waals surface area contributed by atoms with Gasteiger partial charge in [-0.15, -0.1) is 5.10 Å². The van der Waals surface area contributed by atoms with Gasteiger partial charge in [0.25, 0.3) is 0 Å². The van der Waals surface area contributed by atoms with Gasteiger partial charge in [0.05, 0.1) is 5.69 Å². The van der Waals surface area contributed by atoms with E-state index in [1.54, 1.807) is 0 Å². The molecule has 0 bridgehead atoms. The van der Waals surface area contributed by atoms with Crippen molar-refractivity contribution in [2.45, 2.75) is 25.7 Å². The van der Waals surface area contributed by atoms with Crippen LogP contribution in [0, 0.1) is 6.92 Å². The summed E-state index contributed by atoms with van der Waals surface area (Å²) in [6.45, 7) is 3.52. The third-order valence-electron chi connectivity index (χ3n) is 3.93. The maximum atomic E-state index is 6.36. The first-order valence-corrected chi connectivity index (χ1v) is 7.79. The number of hydrogen-bond acceptors (Lipinski definition) is 3. The van der Waals surface area contributed by atoms with Crippen LogP contribution in [0.4, 0.5) is 0 Å². The first-order chi connectivity index (χ1) is 10.2. The molecule has 1 aliphatic rings. The zero-order valence-electron chi connectivity index (χ0n) is 11.8. The molecule has 110 valence electrons.